The molecule has 0 saturated heterocycles. The third-order valence-electron chi connectivity index (χ3n) is 4.10. The Hall–Kier alpha value is -3.10. The van der Waals surface area contributed by atoms with E-state index >= 15 is 0 Å². The van der Waals surface area contributed by atoms with E-state index in [-0.39, 0.29) is 0 Å². The lowest BCUT2D eigenvalue weighted by molar-refractivity contribution is 0.322. The fraction of sp³-hybridized carbons (Fsp3) is 0.217. The first-order chi connectivity index (χ1) is 13.6. The van der Waals surface area contributed by atoms with E-state index in [1.165, 1.54) is 16.9 Å². The molecule has 3 rings (SSSR count). The molecule has 0 amide bonds. The van der Waals surface area contributed by atoms with Crippen LogP contribution in [0.1, 0.15) is 30.0 Å². The highest BCUT2D eigenvalue weighted by molar-refractivity contribution is 7.11. The molecule has 142 valence electrons. The molecule has 0 atom stereocenters. The van der Waals surface area contributed by atoms with Crippen molar-refractivity contribution in [2.45, 2.75) is 20.8 Å². The first kappa shape index (κ1) is 19.7. The van der Waals surface area contributed by atoms with Crippen LogP contribution in [0.5, 0.6) is 11.5 Å². The Morgan fingerprint density at radius 3 is 2.54 bits per heavy atom. The lowest BCUT2D eigenvalue weighted by Gasteiger charge is -2.10. The number of hydrogen-bond acceptors (Lipinski definition) is 5. The van der Waals surface area contributed by atoms with Gasteiger partial charge in [0.1, 0.15) is 22.6 Å². The number of nitrogens with zero attached hydrogens (tertiary/aromatic N) is 2. The highest BCUT2D eigenvalue weighted by Gasteiger charge is 2.11. The summed E-state index contributed by atoms with van der Waals surface area (Å²) in [5, 5.41) is 12.4. The second-order valence-electron chi connectivity index (χ2n) is 6.14. The predicted molar refractivity (Wildman–Crippen MR) is 115 cm³/mol. The van der Waals surface area contributed by atoms with E-state index in [2.05, 4.69) is 30.1 Å². The van der Waals surface area contributed by atoms with Crippen LogP contribution in [0.4, 0.5) is 0 Å². The monoisotopic (exact) mass is 390 g/mol. The summed E-state index contributed by atoms with van der Waals surface area (Å²) in [5.41, 5.74) is 4.46. The van der Waals surface area contributed by atoms with Gasteiger partial charge in [-0.25, -0.2) is 4.98 Å². The van der Waals surface area contributed by atoms with E-state index in [1.54, 1.807) is 0 Å². The van der Waals surface area contributed by atoms with E-state index in [9.17, 15) is 5.26 Å². The average Bonchev–Trinajstić information content (AvgIpc) is 3.18. The molecule has 28 heavy (non-hydrogen) atoms. The average molecular weight is 391 g/mol. The van der Waals surface area contributed by atoms with Crippen molar-refractivity contribution in [3.05, 3.63) is 64.0 Å². The predicted octanol–water partition coefficient (Wildman–Crippen LogP) is 5.98. The van der Waals surface area contributed by atoms with Gasteiger partial charge in [-0.1, -0.05) is 29.8 Å². The number of aryl methyl sites for hydroxylation is 1. The van der Waals surface area contributed by atoms with Crippen molar-refractivity contribution in [3.8, 4) is 28.8 Å². The van der Waals surface area contributed by atoms with Crippen LogP contribution in [0.3, 0.4) is 0 Å². The molecule has 1 aromatic heterocycles. The van der Waals surface area contributed by atoms with E-state index in [4.69, 9.17) is 9.47 Å². The highest BCUT2D eigenvalue weighted by Crippen LogP contribution is 2.31. The molecule has 0 saturated carbocycles. The van der Waals surface area contributed by atoms with Gasteiger partial charge in [0, 0.05) is 22.6 Å². The number of aromatic nitrogens is 1. The second kappa shape index (κ2) is 9.20. The molecule has 0 N–H and O–H groups in total. The molecule has 0 bridgehead atoms. The zero-order valence-corrected chi connectivity index (χ0v) is 17.0. The zero-order chi connectivity index (χ0) is 19.9. The summed E-state index contributed by atoms with van der Waals surface area (Å²) in [5.74, 6) is 1.44. The van der Waals surface area contributed by atoms with Crippen LogP contribution in [0, 0.1) is 18.3 Å². The Kier molecular flexibility index (Phi) is 6.46. The van der Waals surface area contributed by atoms with Crippen LogP contribution in [-0.4, -0.2) is 18.2 Å². The molecule has 0 unspecified atom stereocenters. The summed E-state index contributed by atoms with van der Waals surface area (Å²) in [6.07, 6.45) is 1.82. The molecule has 3 aromatic rings. The first-order valence-electron chi connectivity index (χ1n) is 9.19. The molecule has 1 heterocycles. The van der Waals surface area contributed by atoms with Crippen molar-refractivity contribution in [3.63, 3.8) is 0 Å². The maximum absolute atomic E-state index is 9.70. The molecule has 5 heteroatoms. The Bertz CT molecular complexity index is 1010. The SMILES string of the molecule is CCOc1ccc(C=C(C#N)c2nc(-c3ccc(C)cc3)cs2)c(OCC)c1. The van der Waals surface area contributed by atoms with Crippen molar-refractivity contribution in [1.29, 1.82) is 5.26 Å². The third-order valence-corrected chi connectivity index (χ3v) is 4.97. The van der Waals surface area contributed by atoms with E-state index in [0.29, 0.717) is 29.5 Å². The number of nitriles is 1. The molecule has 0 radical (unpaired) electrons. The molecular formula is C23H22N2O2S. The van der Waals surface area contributed by atoms with E-state index in [0.717, 1.165) is 22.6 Å². The van der Waals surface area contributed by atoms with E-state index in [1.807, 2.05) is 55.6 Å². The second-order valence-corrected chi connectivity index (χ2v) is 7.00. The Morgan fingerprint density at radius 2 is 1.86 bits per heavy atom. The molecule has 0 aliphatic rings. The molecule has 4 nitrogen and oxygen atoms in total. The highest BCUT2D eigenvalue weighted by atomic mass is 32.1. The molecule has 0 aliphatic heterocycles. The van der Waals surface area contributed by atoms with Gasteiger partial charge in [-0.05, 0) is 39.0 Å². The number of hydrogen-bond donors (Lipinski definition) is 0. The van der Waals surface area contributed by atoms with E-state index < -0.39 is 0 Å². The summed E-state index contributed by atoms with van der Waals surface area (Å²) in [7, 11) is 0. The van der Waals surface area contributed by atoms with Crippen LogP contribution in [0.2, 0.25) is 0 Å². The summed E-state index contributed by atoms with van der Waals surface area (Å²) in [6, 6.07) is 16.1. The van der Waals surface area contributed by atoms with Crippen LogP contribution in [0.15, 0.2) is 47.8 Å². The molecule has 0 fully saturated rings. The maximum atomic E-state index is 9.70. The normalized spacial score (nSPS) is 11.1. The minimum atomic E-state index is 0.508. The van der Waals surface area contributed by atoms with Gasteiger partial charge >= 0.3 is 0 Å². The van der Waals surface area contributed by atoms with Crippen LogP contribution >= 0.6 is 11.3 Å². The topological polar surface area (TPSA) is 55.1 Å². The fourth-order valence-electron chi connectivity index (χ4n) is 2.72. The molecule has 0 spiro atoms. The summed E-state index contributed by atoms with van der Waals surface area (Å²) in [4.78, 5) is 4.66. The summed E-state index contributed by atoms with van der Waals surface area (Å²) in [6.45, 7) is 7.05. The molecule has 0 aliphatic carbocycles. The largest absolute Gasteiger partial charge is 0.494 e. The van der Waals surface area contributed by atoms with Gasteiger partial charge in [-0.3, -0.25) is 0 Å². The van der Waals surface area contributed by atoms with Gasteiger partial charge in [0.25, 0.3) is 0 Å². The van der Waals surface area contributed by atoms with Crippen LogP contribution in [-0.2, 0) is 0 Å². The molecule has 2 aromatic carbocycles. The number of benzene rings is 2. The van der Waals surface area contributed by atoms with Crippen molar-refractivity contribution in [2.24, 2.45) is 0 Å². The zero-order valence-electron chi connectivity index (χ0n) is 16.2. The van der Waals surface area contributed by atoms with Crippen LogP contribution in [0.25, 0.3) is 22.9 Å². The Labute approximate surface area is 169 Å². The van der Waals surface area contributed by atoms with Crippen molar-refractivity contribution in [2.75, 3.05) is 13.2 Å². The summed E-state index contributed by atoms with van der Waals surface area (Å²) >= 11 is 1.46. The maximum Gasteiger partial charge on any atom is 0.134 e. The minimum absolute atomic E-state index is 0.508. The standard InChI is InChI=1S/C23H22N2O2S/c1-4-26-20-11-10-18(22(13-20)27-5-2)12-19(14-24)23-25-21(15-28-23)17-8-6-16(3)7-9-17/h6-13,15H,4-5H2,1-3H3. The van der Waals surface area contributed by atoms with Gasteiger partial charge in [0.05, 0.1) is 24.5 Å². The molecular weight excluding hydrogens is 368 g/mol. The fourth-order valence-corrected chi connectivity index (χ4v) is 3.52. The summed E-state index contributed by atoms with van der Waals surface area (Å²) < 4.78 is 11.3. The van der Waals surface area contributed by atoms with Crippen molar-refractivity contribution < 1.29 is 9.47 Å². The smallest absolute Gasteiger partial charge is 0.134 e. The lowest BCUT2D eigenvalue weighted by Crippen LogP contribution is -1.97. The number of allylic oxidation sites excluding steroid dienone is 1. The van der Waals surface area contributed by atoms with Crippen LogP contribution < -0.4 is 9.47 Å². The Balaban J connectivity index is 1.94. The van der Waals surface area contributed by atoms with Gasteiger partial charge in [0.15, 0.2) is 0 Å². The minimum Gasteiger partial charge on any atom is -0.494 e. The number of rotatable bonds is 7. The third kappa shape index (κ3) is 4.59. The van der Waals surface area contributed by atoms with Gasteiger partial charge in [-0.2, -0.15) is 5.26 Å². The van der Waals surface area contributed by atoms with Gasteiger partial charge in [0.2, 0.25) is 0 Å². The number of thiazole rings is 1. The number of ether oxygens (including phenoxy) is 2. The Morgan fingerprint density at radius 1 is 1.11 bits per heavy atom. The van der Waals surface area contributed by atoms with Gasteiger partial charge < -0.3 is 9.47 Å². The van der Waals surface area contributed by atoms with Gasteiger partial charge in [-0.15, -0.1) is 11.3 Å². The van der Waals surface area contributed by atoms with Crippen molar-refractivity contribution in [1.82, 2.24) is 4.98 Å². The first-order valence-corrected chi connectivity index (χ1v) is 10.1. The lowest BCUT2D eigenvalue weighted by atomic mass is 10.1. The quantitative estimate of drug-likeness (QED) is 0.466. The van der Waals surface area contributed by atoms with Crippen molar-refractivity contribution >= 4 is 23.0 Å².